The number of likely N-dealkylation sites (N-methyl/N-ethyl adjacent to an activating group) is 1. The second-order valence-corrected chi connectivity index (χ2v) is 6.33. The maximum absolute atomic E-state index is 12.1. The van der Waals surface area contributed by atoms with Gasteiger partial charge in [0.2, 0.25) is 5.91 Å². The summed E-state index contributed by atoms with van der Waals surface area (Å²) in [7, 11) is 0. The number of aromatic nitrogens is 1. The third-order valence-electron chi connectivity index (χ3n) is 4.09. The number of hydrogen-bond acceptors (Lipinski definition) is 4. The molecule has 0 aliphatic carbocycles. The Morgan fingerprint density at radius 1 is 1.18 bits per heavy atom. The van der Waals surface area contributed by atoms with Crippen LogP contribution in [0.5, 0.6) is 0 Å². The van der Waals surface area contributed by atoms with Crippen molar-refractivity contribution in [3.8, 4) is 0 Å². The van der Waals surface area contributed by atoms with Gasteiger partial charge >= 0.3 is 0 Å². The van der Waals surface area contributed by atoms with Crippen LogP contribution in [0.15, 0.2) is 53.8 Å². The minimum absolute atomic E-state index is 0.0413. The van der Waals surface area contributed by atoms with E-state index in [1.165, 1.54) is 11.3 Å². The van der Waals surface area contributed by atoms with E-state index >= 15 is 0 Å². The molecule has 0 saturated heterocycles. The van der Waals surface area contributed by atoms with E-state index in [2.05, 4.69) is 68.9 Å². The highest BCUT2D eigenvalue weighted by Gasteiger charge is 2.06. The molecule has 7 heteroatoms. The number of nitrogens with one attached hydrogen (secondary N) is 3. The van der Waals surface area contributed by atoms with Crippen molar-refractivity contribution >= 4 is 23.2 Å². The maximum atomic E-state index is 12.1. The van der Waals surface area contributed by atoms with Crippen molar-refractivity contribution < 1.29 is 4.79 Å². The van der Waals surface area contributed by atoms with E-state index in [1.54, 1.807) is 24.5 Å². The molecule has 1 aromatic heterocycles. The molecule has 1 aromatic carbocycles. The third kappa shape index (κ3) is 7.26. The van der Waals surface area contributed by atoms with Gasteiger partial charge in [-0.2, -0.15) is 0 Å². The summed E-state index contributed by atoms with van der Waals surface area (Å²) in [5.74, 6) is 0.448. The fraction of sp³-hybridized carbons (Fsp3) is 0.381. The predicted molar refractivity (Wildman–Crippen MR) is 116 cm³/mol. The van der Waals surface area contributed by atoms with Crippen LogP contribution in [-0.4, -0.2) is 49.6 Å². The largest absolute Gasteiger partial charge is 0.370 e. The van der Waals surface area contributed by atoms with Crippen LogP contribution in [0.2, 0.25) is 0 Å². The van der Waals surface area contributed by atoms with Gasteiger partial charge < -0.3 is 20.9 Å². The Hall–Kier alpha value is -3.09. The van der Waals surface area contributed by atoms with Gasteiger partial charge in [0.05, 0.1) is 11.9 Å². The Balaban J connectivity index is 1.85. The maximum Gasteiger partial charge on any atom is 0.246 e. The summed E-state index contributed by atoms with van der Waals surface area (Å²) >= 11 is 0. The number of carbonyl (C=O) groups is 1. The summed E-state index contributed by atoms with van der Waals surface area (Å²) < 4.78 is 0. The number of hydrogen-bond donors (Lipinski definition) is 3. The van der Waals surface area contributed by atoms with Crippen LogP contribution in [0.3, 0.4) is 0 Å². The van der Waals surface area contributed by atoms with E-state index in [4.69, 9.17) is 0 Å². The van der Waals surface area contributed by atoms with Crippen molar-refractivity contribution in [1.82, 2.24) is 15.6 Å². The van der Waals surface area contributed by atoms with E-state index in [-0.39, 0.29) is 12.5 Å². The quantitative estimate of drug-likeness (QED) is 0.458. The molecule has 0 atom stereocenters. The highest BCUT2D eigenvalue weighted by Crippen LogP contribution is 2.14. The number of aryl methyl sites for hydroxylation is 1. The zero-order chi connectivity index (χ0) is 20.2. The van der Waals surface area contributed by atoms with Crippen molar-refractivity contribution in [3.63, 3.8) is 0 Å². The smallest absolute Gasteiger partial charge is 0.246 e. The van der Waals surface area contributed by atoms with Gasteiger partial charge in [-0.15, -0.1) is 0 Å². The normalized spacial score (nSPS) is 11.0. The van der Waals surface area contributed by atoms with Crippen molar-refractivity contribution in [3.05, 3.63) is 54.4 Å². The Bertz CT molecular complexity index is 763. The van der Waals surface area contributed by atoms with Gasteiger partial charge in [-0.1, -0.05) is 12.1 Å². The predicted octanol–water partition coefficient (Wildman–Crippen LogP) is 2.41. The Morgan fingerprint density at radius 3 is 2.71 bits per heavy atom. The second-order valence-electron chi connectivity index (χ2n) is 6.33. The summed E-state index contributed by atoms with van der Waals surface area (Å²) in [5, 5.41) is 9.24. The van der Waals surface area contributed by atoms with Crippen molar-refractivity contribution in [2.24, 2.45) is 4.99 Å². The summed E-state index contributed by atoms with van der Waals surface area (Å²) in [6.45, 7) is 9.49. The standard InChI is InChI=1S/C21H30N6O/c1-4-23-21(25-16-20(28)26-18-9-7-11-22-15-18)24-12-13-27(5-2)19-10-6-8-17(3)14-19/h6-11,14-15H,4-5,12-13,16H2,1-3H3,(H,26,28)(H2,23,24,25). The average Bonchev–Trinajstić information content (AvgIpc) is 2.70. The van der Waals surface area contributed by atoms with Crippen molar-refractivity contribution in [2.45, 2.75) is 20.8 Å². The van der Waals surface area contributed by atoms with Crippen molar-refractivity contribution in [1.29, 1.82) is 0 Å². The van der Waals surface area contributed by atoms with Crippen LogP contribution in [0, 0.1) is 6.92 Å². The minimum atomic E-state index is -0.180. The summed E-state index contributed by atoms with van der Waals surface area (Å²) in [6.07, 6.45) is 3.27. The van der Waals surface area contributed by atoms with Crippen LogP contribution in [-0.2, 0) is 4.79 Å². The topological polar surface area (TPSA) is 81.6 Å². The first kappa shape index (κ1) is 21.2. The molecule has 150 valence electrons. The Kier molecular flexibility index (Phi) is 8.78. The zero-order valence-electron chi connectivity index (χ0n) is 16.9. The Labute approximate surface area is 167 Å². The molecular weight excluding hydrogens is 352 g/mol. The summed E-state index contributed by atoms with van der Waals surface area (Å²) in [4.78, 5) is 22.7. The number of aliphatic imine (C=N–C) groups is 1. The first-order chi connectivity index (χ1) is 13.6. The summed E-state index contributed by atoms with van der Waals surface area (Å²) in [6, 6.07) is 12.1. The number of amides is 1. The number of rotatable bonds is 9. The molecule has 7 nitrogen and oxygen atoms in total. The lowest BCUT2D eigenvalue weighted by Gasteiger charge is -2.24. The van der Waals surface area contributed by atoms with Crippen LogP contribution in [0.25, 0.3) is 0 Å². The van der Waals surface area contributed by atoms with E-state index in [9.17, 15) is 4.79 Å². The highest BCUT2D eigenvalue weighted by molar-refractivity contribution is 5.93. The fourth-order valence-electron chi connectivity index (χ4n) is 2.73. The van der Waals surface area contributed by atoms with Crippen molar-refractivity contribution in [2.75, 3.05) is 42.9 Å². The second kappa shape index (κ2) is 11.6. The number of nitrogens with zero attached hydrogens (tertiary/aromatic N) is 3. The lowest BCUT2D eigenvalue weighted by Crippen LogP contribution is -2.42. The number of carbonyl (C=O) groups excluding carboxylic acids is 1. The molecule has 1 amide bonds. The van der Waals surface area contributed by atoms with E-state index in [0.717, 1.165) is 26.2 Å². The van der Waals surface area contributed by atoms with Gasteiger partial charge in [0.25, 0.3) is 0 Å². The first-order valence-electron chi connectivity index (χ1n) is 9.66. The average molecular weight is 383 g/mol. The molecular formula is C21H30N6O. The van der Waals surface area contributed by atoms with Gasteiger partial charge in [-0.3, -0.25) is 9.78 Å². The molecule has 1 heterocycles. The molecule has 3 N–H and O–H groups in total. The molecule has 28 heavy (non-hydrogen) atoms. The van der Waals surface area contributed by atoms with Crippen LogP contribution < -0.4 is 20.9 Å². The molecule has 0 radical (unpaired) electrons. The molecule has 0 bridgehead atoms. The first-order valence-corrected chi connectivity index (χ1v) is 9.66. The monoisotopic (exact) mass is 382 g/mol. The van der Waals surface area contributed by atoms with Gasteiger partial charge in [0, 0.05) is 38.1 Å². The van der Waals surface area contributed by atoms with Gasteiger partial charge in [0.15, 0.2) is 5.96 Å². The van der Waals surface area contributed by atoms with Crippen LogP contribution >= 0.6 is 0 Å². The summed E-state index contributed by atoms with van der Waals surface area (Å²) in [5.41, 5.74) is 3.12. The lowest BCUT2D eigenvalue weighted by atomic mass is 10.2. The lowest BCUT2D eigenvalue weighted by molar-refractivity contribution is -0.114. The molecule has 0 unspecified atom stereocenters. The highest BCUT2D eigenvalue weighted by atomic mass is 16.1. The number of anilines is 2. The molecule has 0 fully saturated rings. The Morgan fingerprint density at radius 2 is 2.04 bits per heavy atom. The molecule has 2 rings (SSSR count). The van der Waals surface area contributed by atoms with E-state index < -0.39 is 0 Å². The molecule has 2 aromatic rings. The SMILES string of the molecule is CCNC(=NCC(=O)Nc1cccnc1)NCCN(CC)c1cccc(C)c1. The third-order valence-corrected chi connectivity index (χ3v) is 4.09. The molecule has 0 aliphatic heterocycles. The number of pyridine rings is 1. The van der Waals surface area contributed by atoms with Gasteiger partial charge in [-0.05, 0) is 50.6 Å². The van der Waals surface area contributed by atoms with Crippen LogP contribution in [0.4, 0.5) is 11.4 Å². The molecule has 0 saturated carbocycles. The molecule has 0 spiro atoms. The van der Waals surface area contributed by atoms with E-state index in [0.29, 0.717) is 11.6 Å². The minimum Gasteiger partial charge on any atom is -0.370 e. The number of guanidine groups is 1. The van der Waals surface area contributed by atoms with Gasteiger partial charge in [-0.25, -0.2) is 4.99 Å². The zero-order valence-corrected chi connectivity index (χ0v) is 16.9. The van der Waals surface area contributed by atoms with E-state index in [1.807, 2.05) is 6.92 Å². The van der Waals surface area contributed by atoms with Crippen LogP contribution in [0.1, 0.15) is 19.4 Å². The molecule has 0 aliphatic rings. The van der Waals surface area contributed by atoms with Gasteiger partial charge in [0.1, 0.15) is 6.54 Å². The fourth-order valence-corrected chi connectivity index (χ4v) is 2.73. The number of benzene rings is 1.